The fourth-order valence-electron chi connectivity index (χ4n) is 7.47. The van der Waals surface area contributed by atoms with Crippen LogP contribution in [0.3, 0.4) is 0 Å². The first-order chi connectivity index (χ1) is 22.3. The highest BCUT2D eigenvalue weighted by atomic mass is 32.1. The lowest BCUT2D eigenvalue weighted by Gasteiger charge is -2.11. The molecule has 10 aromatic rings. The number of hydrogen-bond acceptors (Lipinski definition) is 1. The van der Waals surface area contributed by atoms with Crippen molar-refractivity contribution in [3.8, 4) is 22.5 Å². The van der Waals surface area contributed by atoms with E-state index in [0.717, 1.165) is 0 Å². The van der Waals surface area contributed by atoms with Gasteiger partial charge in [0.2, 0.25) is 0 Å². The minimum absolute atomic E-state index is 1.17. The van der Waals surface area contributed by atoms with Crippen LogP contribution in [0.5, 0.6) is 0 Å². The van der Waals surface area contributed by atoms with Crippen LogP contribution < -0.4 is 0 Å². The third-order valence-electron chi connectivity index (χ3n) is 9.32. The summed E-state index contributed by atoms with van der Waals surface area (Å²) in [5.41, 5.74) is 9.75. The van der Waals surface area contributed by atoms with Crippen molar-refractivity contribution in [2.75, 3.05) is 0 Å². The van der Waals surface area contributed by atoms with Gasteiger partial charge in [0, 0.05) is 53.1 Å². The fraction of sp³-hybridized carbons (Fsp3) is 0. The highest BCUT2D eigenvalue weighted by Gasteiger charge is 2.20. The summed E-state index contributed by atoms with van der Waals surface area (Å²) < 4.78 is 7.51. The van der Waals surface area contributed by atoms with Gasteiger partial charge in [0.1, 0.15) is 0 Å². The van der Waals surface area contributed by atoms with Gasteiger partial charge in [-0.15, -0.1) is 11.3 Å². The Labute approximate surface area is 263 Å². The van der Waals surface area contributed by atoms with Crippen molar-refractivity contribution in [1.82, 2.24) is 9.13 Å². The minimum atomic E-state index is 1.17. The second kappa shape index (κ2) is 9.43. The second-order valence-corrected chi connectivity index (χ2v) is 12.8. The van der Waals surface area contributed by atoms with E-state index >= 15 is 0 Å². The quantitative estimate of drug-likeness (QED) is 0.194. The summed E-state index contributed by atoms with van der Waals surface area (Å²) in [5.74, 6) is 0. The molecular formula is C42H26N2S. The van der Waals surface area contributed by atoms with Crippen LogP contribution in [0.25, 0.3) is 86.3 Å². The molecule has 0 spiro atoms. The molecule has 2 nitrogen and oxygen atoms in total. The summed E-state index contributed by atoms with van der Waals surface area (Å²) in [7, 11) is 0. The van der Waals surface area contributed by atoms with Crippen molar-refractivity contribution in [1.29, 1.82) is 0 Å². The maximum absolute atomic E-state index is 2.45. The summed E-state index contributed by atoms with van der Waals surface area (Å²) >= 11 is 1.87. The molecular weight excluding hydrogens is 565 g/mol. The van der Waals surface area contributed by atoms with Gasteiger partial charge < -0.3 is 9.13 Å². The summed E-state index contributed by atoms with van der Waals surface area (Å²) in [4.78, 5) is 0. The molecule has 0 N–H and O–H groups in total. The lowest BCUT2D eigenvalue weighted by Crippen LogP contribution is -1.94. The van der Waals surface area contributed by atoms with Crippen LogP contribution in [-0.4, -0.2) is 9.13 Å². The maximum atomic E-state index is 2.45. The molecule has 10 rings (SSSR count). The Morgan fingerprint density at radius 2 is 0.844 bits per heavy atom. The average molecular weight is 591 g/mol. The highest BCUT2D eigenvalue weighted by Crippen LogP contribution is 2.44. The normalized spacial score (nSPS) is 12.0. The van der Waals surface area contributed by atoms with Gasteiger partial charge in [0.15, 0.2) is 0 Å². The molecule has 0 aliphatic rings. The highest BCUT2D eigenvalue weighted by molar-refractivity contribution is 7.25. The number of rotatable bonds is 3. The first-order valence-electron chi connectivity index (χ1n) is 15.4. The van der Waals surface area contributed by atoms with Gasteiger partial charge in [0.25, 0.3) is 0 Å². The van der Waals surface area contributed by atoms with E-state index in [1.165, 1.54) is 86.3 Å². The van der Waals surface area contributed by atoms with E-state index < -0.39 is 0 Å². The maximum Gasteiger partial charge on any atom is 0.0547 e. The van der Waals surface area contributed by atoms with Crippen molar-refractivity contribution in [3.63, 3.8) is 0 Å². The summed E-state index contributed by atoms with van der Waals surface area (Å²) in [6.07, 6.45) is 0. The molecule has 0 amide bonds. The van der Waals surface area contributed by atoms with Gasteiger partial charge in [0.05, 0.1) is 22.1 Å². The van der Waals surface area contributed by atoms with E-state index in [-0.39, 0.29) is 0 Å². The zero-order valence-corrected chi connectivity index (χ0v) is 25.1. The molecule has 7 aromatic carbocycles. The van der Waals surface area contributed by atoms with E-state index in [4.69, 9.17) is 0 Å². The van der Waals surface area contributed by atoms with Crippen molar-refractivity contribution in [2.45, 2.75) is 0 Å². The first-order valence-corrected chi connectivity index (χ1v) is 16.2. The van der Waals surface area contributed by atoms with Crippen LogP contribution in [-0.2, 0) is 0 Å². The smallest absolute Gasteiger partial charge is 0.0547 e. The first kappa shape index (κ1) is 24.8. The topological polar surface area (TPSA) is 9.86 Å². The standard InChI is InChI=1S/C42H26N2S/c1-2-12-27(13-3-1)43-35-19-7-4-15-32(35)41-30(17-10-21-37(41)43)31-18-11-22-38-42(31)33-16-5-8-20-36(33)44(38)28-24-25-40-34(26-28)29-14-6-9-23-39(29)45-40/h1-26H. The molecule has 3 heterocycles. The van der Waals surface area contributed by atoms with Crippen LogP contribution in [0.4, 0.5) is 0 Å². The molecule has 0 aliphatic carbocycles. The number of nitrogens with zero attached hydrogens (tertiary/aromatic N) is 2. The average Bonchev–Trinajstić information content (AvgIpc) is 3.76. The molecule has 0 aliphatic heterocycles. The Morgan fingerprint density at radius 3 is 1.51 bits per heavy atom. The minimum Gasteiger partial charge on any atom is -0.309 e. The molecule has 0 saturated heterocycles. The molecule has 45 heavy (non-hydrogen) atoms. The fourth-order valence-corrected chi connectivity index (χ4v) is 8.56. The summed E-state index contributed by atoms with van der Waals surface area (Å²) in [6, 6.07) is 57.6. The number of para-hydroxylation sites is 3. The summed E-state index contributed by atoms with van der Waals surface area (Å²) in [5, 5.41) is 7.74. The van der Waals surface area contributed by atoms with E-state index in [1.54, 1.807) is 0 Å². The van der Waals surface area contributed by atoms with Crippen LogP contribution in [0.15, 0.2) is 158 Å². The Balaban J connectivity index is 1.30. The van der Waals surface area contributed by atoms with Crippen molar-refractivity contribution >= 4 is 75.1 Å². The van der Waals surface area contributed by atoms with Gasteiger partial charge in [-0.05, 0) is 71.8 Å². The molecule has 0 saturated carbocycles. The Morgan fingerprint density at radius 1 is 0.333 bits per heavy atom. The van der Waals surface area contributed by atoms with Gasteiger partial charge in [-0.25, -0.2) is 0 Å². The zero-order valence-electron chi connectivity index (χ0n) is 24.3. The molecule has 0 fully saturated rings. The lowest BCUT2D eigenvalue weighted by atomic mass is 9.95. The number of aromatic nitrogens is 2. The van der Waals surface area contributed by atoms with Crippen molar-refractivity contribution in [2.24, 2.45) is 0 Å². The molecule has 3 heteroatoms. The van der Waals surface area contributed by atoms with Crippen molar-refractivity contribution in [3.05, 3.63) is 158 Å². The SMILES string of the molecule is c1ccc(-n2c3ccccc3c3c(-c4cccc5c4c4ccccc4n5-c4ccc5sc6ccccc6c5c4)cccc32)cc1. The monoisotopic (exact) mass is 590 g/mol. The van der Waals surface area contributed by atoms with Gasteiger partial charge in [-0.1, -0.05) is 97.1 Å². The van der Waals surface area contributed by atoms with E-state index in [0.29, 0.717) is 0 Å². The Bertz CT molecular complexity index is 2760. The van der Waals surface area contributed by atoms with Crippen LogP contribution in [0.2, 0.25) is 0 Å². The Hall–Kier alpha value is -5.64. The van der Waals surface area contributed by atoms with E-state index in [9.17, 15) is 0 Å². The number of fused-ring (bicyclic) bond motifs is 9. The molecule has 0 radical (unpaired) electrons. The molecule has 3 aromatic heterocycles. The van der Waals surface area contributed by atoms with E-state index in [2.05, 4.69) is 167 Å². The van der Waals surface area contributed by atoms with E-state index in [1.807, 2.05) is 11.3 Å². The molecule has 0 atom stereocenters. The zero-order chi connectivity index (χ0) is 29.5. The molecule has 0 unspecified atom stereocenters. The van der Waals surface area contributed by atoms with Crippen LogP contribution in [0.1, 0.15) is 0 Å². The van der Waals surface area contributed by atoms with Crippen LogP contribution >= 0.6 is 11.3 Å². The molecule has 210 valence electrons. The number of hydrogen-bond donors (Lipinski definition) is 0. The predicted octanol–water partition coefficient (Wildman–Crippen LogP) is 11.9. The summed E-state index contributed by atoms with van der Waals surface area (Å²) in [6.45, 7) is 0. The number of thiophene rings is 1. The number of benzene rings is 7. The second-order valence-electron chi connectivity index (χ2n) is 11.7. The third-order valence-corrected chi connectivity index (χ3v) is 10.5. The largest absolute Gasteiger partial charge is 0.309 e. The van der Waals surface area contributed by atoms with Gasteiger partial charge in [-0.2, -0.15) is 0 Å². The van der Waals surface area contributed by atoms with Crippen LogP contribution in [0, 0.1) is 0 Å². The van der Waals surface area contributed by atoms with Crippen molar-refractivity contribution < 1.29 is 0 Å². The van der Waals surface area contributed by atoms with Gasteiger partial charge in [-0.3, -0.25) is 0 Å². The third kappa shape index (κ3) is 3.50. The lowest BCUT2D eigenvalue weighted by molar-refractivity contribution is 1.18. The van der Waals surface area contributed by atoms with Gasteiger partial charge >= 0.3 is 0 Å². The Kier molecular flexibility index (Phi) is 5.19. The predicted molar refractivity (Wildman–Crippen MR) is 193 cm³/mol. The molecule has 0 bridgehead atoms.